The number of hydrogen-bond acceptors (Lipinski definition) is 4. The number of rotatable bonds is 6. The molecule has 2 amide bonds. The molecule has 1 aromatic carbocycles. The Morgan fingerprint density at radius 2 is 1.69 bits per heavy atom. The van der Waals surface area contributed by atoms with E-state index in [1.165, 1.54) is 4.31 Å². The molecule has 2 aliphatic heterocycles. The molecule has 8 heteroatoms. The van der Waals surface area contributed by atoms with Gasteiger partial charge in [0.2, 0.25) is 21.8 Å². The Balaban J connectivity index is 1.53. The summed E-state index contributed by atoms with van der Waals surface area (Å²) < 4.78 is 26.9. The number of piperazine rings is 1. The summed E-state index contributed by atoms with van der Waals surface area (Å²) in [4.78, 5) is 28.7. The van der Waals surface area contributed by atoms with Gasteiger partial charge in [0.1, 0.15) is 0 Å². The summed E-state index contributed by atoms with van der Waals surface area (Å²) in [5.74, 6) is -0.00297. The summed E-state index contributed by atoms with van der Waals surface area (Å²) in [6.45, 7) is 4.67. The van der Waals surface area contributed by atoms with Crippen molar-refractivity contribution in [3.05, 3.63) is 35.9 Å². The number of hydrogen-bond donors (Lipinski definition) is 0. The van der Waals surface area contributed by atoms with Gasteiger partial charge < -0.3 is 9.80 Å². The standard InChI is InChI=1S/C21H31N3O4S/c1-2-7-20(25)23-11-6-10-19(16-23)21(26)22-12-14-24(15-13-22)29(27,28)17-18-8-4-3-5-9-18/h3-5,8-9,19H,2,6-7,10-17H2,1H3. The smallest absolute Gasteiger partial charge is 0.227 e. The van der Waals surface area contributed by atoms with Gasteiger partial charge in [0.25, 0.3) is 0 Å². The van der Waals surface area contributed by atoms with E-state index < -0.39 is 10.0 Å². The van der Waals surface area contributed by atoms with Crippen LogP contribution in [0.2, 0.25) is 0 Å². The predicted octanol–water partition coefficient (Wildman–Crippen LogP) is 1.70. The molecule has 3 rings (SSSR count). The molecule has 0 saturated carbocycles. The second-order valence-corrected chi connectivity index (χ2v) is 9.86. The minimum Gasteiger partial charge on any atom is -0.342 e. The van der Waals surface area contributed by atoms with E-state index in [0.717, 1.165) is 31.4 Å². The summed E-state index contributed by atoms with van der Waals surface area (Å²) in [6.07, 6.45) is 2.98. The van der Waals surface area contributed by atoms with Crippen LogP contribution >= 0.6 is 0 Å². The Morgan fingerprint density at radius 1 is 1.00 bits per heavy atom. The molecule has 2 saturated heterocycles. The van der Waals surface area contributed by atoms with Gasteiger partial charge in [0.05, 0.1) is 11.7 Å². The van der Waals surface area contributed by atoms with Gasteiger partial charge in [-0.15, -0.1) is 0 Å². The molecule has 2 heterocycles. The van der Waals surface area contributed by atoms with Crippen molar-refractivity contribution < 1.29 is 18.0 Å². The van der Waals surface area contributed by atoms with Crippen LogP contribution in [0.3, 0.4) is 0 Å². The van der Waals surface area contributed by atoms with Gasteiger partial charge in [0.15, 0.2) is 0 Å². The zero-order chi connectivity index (χ0) is 20.9. The van der Waals surface area contributed by atoms with Crippen molar-refractivity contribution in [1.82, 2.24) is 14.1 Å². The van der Waals surface area contributed by atoms with Crippen molar-refractivity contribution in [2.45, 2.75) is 38.4 Å². The van der Waals surface area contributed by atoms with Crippen LogP contribution in [0.1, 0.15) is 38.2 Å². The maximum absolute atomic E-state index is 12.9. The molecule has 0 radical (unpaired) electrons. The molecule has 0 aromatic heterocycles. The number of carbonyl (C=O) groups is 2. The first-order valence-corrected chi connectivity index (χ1v) is 12.1. The third-order valence-corrected chi connectivity index (χ3v) is 7.57. The lowest BCUT2D eigenvalue weighted by atomic mass is 9.96. The summed E-state index contributed by atoms with van der Waals surface area (Å²) >= 11 is 0. The number of nitrogens with zero attached hydrogens (tertiary/aromatic N) is 3. The molecule has 0 aliphatic carbocycles. The Kier molecular flexibility index (Phi) is 7.29. The fourth-order valence-electron chi connectivity index (χ4n) is 4.10. The van der Waals surface area contributed by atoms with Crippen LogP contribution in [0.5, 0.6) is 0 Å². The zero-order valence-electron chi connectivity index (χ0n) is 17.1. The largest absolute Gasteiger partial charge is 0.342 e. The number of benzene rings is 1. The van der Waals surface area contributed by atoms with Crippen LogP contribution in [0.25, 0.3) is 0 Å². The van der Waals surface area contributed by atoms with E-state index >= 15 is 0 Å². The van der Waals surface area contributed by atoms with Crippen molar-refractivity contribution in [2.24, 2.45) is 5.92 Å². The first-order valence-electron chi connectivity index (χ1n) is 10.5. The summed E-state index contributed by atoms with van der Waals surface area (Å²) in [5, 5.41) is 0. The first kappa shape index (κ1) is 21.8. The molecule has 1 atom stereocenters. The molecule has 0 spiro atoms. The maximum atomic E-state index is 12.9. The average Bonchev–Trinajstić information content (AvgIpc) is 2.74. The van der Waals surface area contributed by atoms with E-state index in [1.807, 2.05) is 42.2 Å². The number of carbonyl (C=O) groups excluding carboxylic acids is 2. The molecule has 160 valence electrons. The van der Waals surface area contributed by atoms with Crippen LogP contribution in [0, 0.1) is 5.92 Å². The van der Waals surface area contributed by atoms with Crippen molar-refractivity contribution in [2.75, 3.05) is 39.3 Å². The summed E-state index contributed by atoms with van der Waals surface area (Å²) in [5.41, 5.74) is 0.769. The van der Waals surface area contributed by atoms with Gasteiger partial charge in [-0.05, 0) is 24.8 Å². The Hall–Kier alpha value is -1.93. The van der Waals surface area contributed by atoms with Crippen LogP contribution in [-0.2, 0) is 25.4 Å². The van der Waals surface area contributed by atoms with Gasteiger partial charge in [-0.25, -0.2) is 8.42 Å². The monoisotopic (exact) mass is 421 g/mol. The summed E-state index contributed by atoms with van der Waals surface area (Å²) in [6, 6.07) is 9.15. The Bertz CT molecular complexity index is 804. The van der Waals surface area contributed by atoms with Crippen LogP contribution in [0.15, 0.2) is 30.3 Å². The molecular formula is C21H31N3O4S. The van der Waals surface area contributed by atoms with E-state index in [0.29, 0.717) is 39.1 Å². The van der Waals surface area contributed by atoms with E-state index in [2.05, 4.69) is 0 Å². The molecular weight excluding hydrogens is 390 g/mol. The SMILES string of the molecule is CCCC(=O)N1CCCC(C(=O)N2CCN(S(=O)(=O)Cc3ccccc3)CC2)C1. The van der Waals surface area contributed by atoms with E-state index in [4.69, 9.17) is 0 Å². The highest BCUT2D eigenvalue weighted by Gasteiger charge is 2.34. The second kappa shape index (κ2) is 9.71. The van der Waals surface area contributed by atoms with E-state index in [-0.39, 0.29) is 23.5 Å². The molecule has 2 fully saturated rings. The van der Waals surface area contributed by atoms with Gasteiger partial charge in [-0.2, -0.15) is 4.31 Å². The molecule has 7 nitrogen and oxygen atoms in total. The maximum Gasteiger partial charge on any atom is 0.227 e. The van der Waals surface area contributed by atoms with Crippen molar-refractivity contribution in [3.8, 4) is 0 Å². The molecule has 1 aromatic rings. The van der Waals surface area contributed by atoms with Gasteiger partial charge in [-0.1, -0.05) is 37.3 Å². The van der Waals surface area contributed by atoms with Gasteiger partial charge in [0, 0.05) is 45.7 Å². The fourth-order valence-corrected chi connectivity index (χ4v) is 5.61. The van der Waals surface area contributed by atoms with E-state index in [9.17, 15) is 18.0 Å². The van der Waals surface area contributed by atoms with Gasteiger partial charge >= 0.3 is 0 Å². The highest BCUT2D eigenvalue weighted by atomic mass is 32.2. The molecule has 1 unspecified atom stereocenters. The average molecular weight is 422 g/mol. The van der Waals surface area contributed by atoms with Crippen molar-refractivity contribution in [3.63, 3.8) is 0 Å². The van der Waals surface area contributed by atoms with Crippen molar-refractivity contribution >= 4 is 21.8 Å². The lowest BCUT2D eigenvalue weighted by molar-refractivity contribution is -0.141. The minimum absolute atomic E-state index is 0.0150. The number of likely N-dealkylation sites (tertiary alicyclic amines) is 1. The highest BCUT2D eigenvalue weighted by Crippen LogP contribution is 2.21. The van der Waals surface area contributed by atoms with Crippen molar-refractivity contribution in [1.29, 1.82) is 0 Å². The summed E-state index contributed by atoms with van der Waals surface area (Å²) in [7, 11) is -3.39. The molecule has 0 bridgehead atoms. The normalized spacial score (nSPS) is 21.2. The Morgan fingerprint density at radius 3 is 2.34 bits per heavy atom. The first-order chi connectivity index (χ1) is 13.9. The van der Waals surface area contributed by atoms with Crippen LogP contribution < -0.4 is 0 Å². The van der Waals surface area contributed by atoms with Gasteiger partial charge in [-0.3, -0.25) is 9.59 Å². The molecule has 29 heavy (non-hydrogen) atoms. The second-order valence-electron chi connectivity index (χ2n) is 7.90. The number of sulfonamides is 1. The highest BCUT2D eigenvalue weighted by molar-refractivity contribution is 7.88. The fraction of sp³-hybridized carbons (Fsp3) is 0.619. The predicted molar refractivity (Wildman–Crippen MR) is 111 cm³/mol. The third-order valence-electron chi connectivity index (χ3n) is 5.72. The third kappa shape index (κ3) is 5.57. The Labute approximate surface area is 173 Å². The minimum atomic E-state index is -3.39. The number of amides is 2. The van der Waals surface area contributed by atoms with Crippen LogP contribution in [0.4, 0.5) is 0 Å². The molecule has 0 N–H and O–H groups in total. The zero-order valence-corrected chi connectivity index (χ0v) is 17.9. The lowest BCUT2D eigenvalue weighted by Crippen LogP contribution is -2.54. The quantitative estimate of drug-likeness (QED) is 0.700. The lowest BCUT2D eigenvalue weighted by Gasteiger charge is -2.38. The number of piperidine rings is 1. The van der Waals surface area contributed by atoms with Crippen LogP contribution in [-0.4, -0.2) is 73.6 Å². The molecule has 2 aliphatic rings. The van der Waals surface area contributed by atoms with E-state index in [1.54, 1.807) is 4.90 Å². The topological polar surface area (TPSA) is 78.0 Å².